The summed E-state index contributed by atoms with van der Waals surface area (Å²) in [5, 5.41) is 3.47. The van der Waals surface area contributed by atoms with Crippen LogP contribution in [0.2, 0.25) is 0 Å². The largest absolute Gasteiger partial charge is 0.328 e. The van der Waals surface area contributed by atoms with Crippen molar-refractivity contribution in [3.8, 4) is 0 Å². The molecule has 0 saturated heterocycles. The van der Waals surface area contributed by atoms with Crippen LogP contribution in [-0.2, 0) is 6.42 Å². The molecule has 0 amide bonds. The van der Waals surface area contributed by atoms with E-state index >= 15 is 0 Å². The van der Waals surface area contributed by atoms with Gasteiger partial charge in [0.15, 0.2) is 0 Å². The van der Waals surface area contributed by atoms with Gasteiger partial charge in [0, 0.05) is 17.3 Å². The highest BCUT2D eigenvalue weighted by Gasteiger charge is 2.29. The first kappa shape index (κ1) is 8.20. The van der Waals surface area contributed by atoms with E-state index in [1.54, 1.807) is 11.3 Å². The molecule has 0 radical (unpaired) electrons. The zero-order chi connectivity index (χ0) is 8.55. The zero-order valence-corrected chi connectivity index (χ0v) is 8.10. The Kier molecular flexibility index (Phi) is 2.15. The maximum absolute atomic E-state index is 5.72. The Labute approximate surface area is 76.8 Å². The van der Waals surface area contributed by atoms with Crippen LogP contribution in [0.15, 0.2) is 5.38 Å². The van der Waals surface area contributed by atoms with E-state index in [1.165, 1.54) is 10.7 Å². The number of aryl methyl sites for hydroxylation is 1. The van der Waals surface area contributed by atoms with Crippen LogP contribution in [0.5, 0.6) is 0 Å². The summed E-state index contributed by atoms with van der Waals surface area (Å²) in [7, 11) is 0. The lowest BCUT2D eigenvalue weighted by Crippen LogP contribution is -2.34. The number of aromatic nitrogens is 1. The van der Waals surface area contributed by atoms with Crippen molar-refractivity contribution in [2.24, 2.45) is 5.73 Å². The van der Waals surface area contributed by atoms with Gasteiger partial charge >= 0.3 is 0 Å². The molecule has 3 heteroatoms. The Morgan fingerprint density at radius 2 is 2.42 bits per heavy atom. The Hall–Kier alpha value is -0.410. The van der Waals surface area contributed by atoms with Crippen molar-refractivity contribution in [1.82, 2.24) is 4.98 Å². The summed E-state index contributed by atoms with van der Waals surface area (Å²) >= 11 is 1.79. The summed E-state index contributed by atoms with van der Waals surface area (Å²) < 4.78 is 0. The van der Waals surface area contributed by atoms with Gasteiger partial charge in [0.25, 0.3) is 0 Å². The van der Waals surface area contributed by atoms with Gasteiger partial charge in [-0.2, -0.15) is 0 Å². The fourth-order valence-electron chi connectivity index (χ4n) is 1.54. The first-order valence-electron chi connectivity index (χ1n) is 4.49. The van der Waals surface area contributed by atoms with Crippen LogP contribution in [0.1, 0.15) is 36.4 Å². The van der Waals surface area contributed by atoms with E-state index < -0.39 is 0 Å². The second-order valence-electron chi connectivity index (χ2n) is 3.46. The molecule has 2 N–H and O–H groups in total. The molecule has 0 aromatic carbocycles. The fourth-order valence-corrected chi connectivity index (χ4v) is 2.57. The van der Waals surface area contributed by atoms with Gasteiger partial charge in [0.2, 0.25) is 0 Å². The van der Waals surface area contributed by atoms with Gasteiger partial charge in [-0.15, -0.1) is 11.3 Å². The molecule has 1 aliphatic carbocycles. The summed E-state index contributed by atoms with van der Waals surface area (Å²) in [5.74, 6) is 0.672. The van der Waals surface area contributed by atoms with Crippen molar-refractivity contribution < 1.29 is 0 Å². The highest BCUT2D eigenvalue weighted by molar-refractivity contribution is 7.09. The van der Waals surface area contributed by atoms with Crippen molar-refractivity contribution in [2.45, 2.75) is 38.1 Å². The van der Waals surface area contributed by atoms with Crippen LogP contribution in [0.4, 0.5) is 0 Å². The van der Waals surface area contributed by atoms with E-state index in [-0.39, 0.29) is 0 Å². The van der Waals surface area contributed by atoms with Gasteiger partial charge in [-0.25, -0.2) is 4.98 Å². The summed E-state index contributed by atoms with van der Waals surface area (Å²) in [6, 6.07) is 0.434. The van der Waals surface area contributed by atoms with E-state index in [1.807, 2.05) is 0 Å². The van der Waals surface area contributed by atoms with Gasteiger partial charge in [-0.3, -0.25) is 0 Å². The molecule has 0 bridgehead atoms. The average Bonchev–Trinajstić information content (AvgIpc) is 2.46. The van der Waals surface area contributed by atoms with Gasteiger partial charge in [0.05, 0.1) is 10.7 Å². The van der Waals surface area contributed by atoms with Crippen molar-refractivity contribution in [3.05, 3.63) is 16.1 Å². The Morgan fingerprint density at radius 1 is 1.67 bits per heavy atom. The Morgan fingerprint density at radius 3 is 2.92 bits per heavy atom. The third kappa shape index (κ3) is 1.39. The van der Waals surface area contributed by atoms with Crippen LogP contribution >= 0.6 is 11.3 Å². The summed E-state index contributed by atoms with van der Waals surface area (Å²) in [6.45, 7) is 2.14. The Balaban J connectivity index is 2.04. The standard InChI is InChI=1S/C9H14N2S/c1-2-8-5-12-9(11-8)6-3-7(10)4-6/h5-7H,2-4,10H2,1H3. The molecule has 0 aliphatic heterocycles. The first-order valence-corrected chi connectivity index (χ1v) is 5.37. The molecule has 1 aromatic rings. The smallest absolute Gasteiger partial charge is 0.0960 e. The predicted molar refractivity (Wildman–Crippen MR) is 51.4 cm³/mol. The lowest BCUT2D eigenvalue weighted by molar-refractivity contribution is 0.350. The molecular formula is C9H14N2S. The monoisotopic (exact) mass is 182 g/mol. The molecule has 0 unspecified atom stereocenters. The number of nitrogens with two attached hydrogens (primary N) is 1. The molecule has 1 aliphatic rings. The van der Waals surface area contributed by atoms with E-state index in [4.69, 9.17) is 5.73 Å². The average molecular weight is 182 g/mol. The van der Waals surface area contributed by atoms with Crippen LogP contribution in [0, 0.1) is 0 Å². The quantitative estimate of drug-likeness (QED) is 0.758. The maximum Gasteiger partial charge on any atom is 0.0960 e. The number of thiazole rings is 1. The van der Waals surface area contributed by atoms with Gasteiger partial charge < -0.3 is 5.73 Å². The molecule has 2 nitrogen and oxygen atoms in total. The summed E-state index contributed by atoms with van der Waals surface area (Å²) in [5.41, 5.74) is 6.95. The molecule has 0 atom stereocenters. The minimum atomic E-state index is 0.434. The molecule has 12 heavy (non-hydrogen) atoms. The third-order valence-electron chi connectivity index (χ3n) is 2.46. The number of hydrogen-bond acceptors (Lipinski definition) is 3. The highest BCUT2D eigenvalue weighted by Crippen LogP contribution is 2.37. The lowest BCUT2D eigenvalue weighted by Gasteiger charge is -2.30. The molecule has 1 saturated carbocycles. The van der Waals surface area contributed by atoms with Crippen molar-refractivity contribution in [3.63, 3.8) is 0 Å². The van der Waals surface area contributed by atoms with Crippen molar-refractivity contribution in [1.29, 1.82) is 0 Å². The third-order valence-corrected chi connectivity index (χ3v) is 3.51. The van der Waals surface area contributed by atoms with Gasteiger partial charge in [-0.1, -0.05) is 6.92 Å². The van der Waals surface area contributed by atoms with Crippen LogP contribution in [0.25, 0.3) is 0 Å². The minimum Gasteiger partial charge on any atom is -0.328 e. The maximum atomic E-state index is 5.72. The molecule has 1 fully saturated rings. The molecule has 1 aromatic heterocycles. The molecule has 66 valence electrons. The number of hydrogen-bond donors (Lipinski definition) is 1. The van der Waals surface area contributed by atoms with E-state index in [0.29, 0.717) is 12.0 Å². The van der Waals surface area contributed by atoms with Crippen molar-refractivity contribution in [2.75, 3.05) is 0 Å². The first-order chi connectivity index (χ1) is 5.79. The SMILES string of the molecule is CCc1csc(C2CC(N)C2)n1. The van der Waals surface area contributed by atoms with E-state index in [9.17, 15) is 0 Å². The van der Waals surface area contributed by atoms with E-state index in [2.05, 4.69) is 17.3 Å². The summed E-state index contributed by atoms with van der Waals surface area (Å²) in [4.78, 5) is 4.55. The van der Waals surface area contributed by atoms with Crippen LogP contribution < -0.4 is 5.73 Å². The topological polar surface area (TPSA) is 38.9 Å². The van der Waals surface area contributed by atoms with Crippen molar-refractivity contribution >= 4 is 11.3 Å². The van der Waals surface area contributed by atoms with E-state index in [0.717, 1.165) is 19.3 Å². The lowest BCUT2D eigenvalue weighted by atomic mass is 9.81. The van der Waals surface area contributed by atoms with Crippen LogP contribution in [-0.4, -0.2) is 11.0 Å². The predicted octanol–water partition coefficient (Wildman–Crippen LogP) is 1.91. The summed E-state index contributed by atoms with van der Waals surface area (Å²) in [6.07, 6.45) is 3.32. The molecular weight excluding hydrogens is 168 g/mol. The Bertz CT molecular complexity index is 263. The minimum absolute atomic E-state index is 0.434. The number of nitrogens with zero attached hydrogens (tertiary/aromatic N) is 1. The number of rotatable bonds is 2. The molecule has 2 rings (SSSR count). The van der Waals surface area contributed by atoms with Gasteiger partial charge in [0.1, 0.15) is 0 Å². The highest BCUT2D eigenvalue weighted by atomic mass is 32.1. The second-order valence-corrected chi connectivity index (χ2v) is 4.35. The fraction of sp³-hybridized carbons (Fsp3) is 0.667. The zero-order valence-electron chi connectivity index (χ0n) is 7.29. The van der Waals surface area contributed by atoms with Crippen LogP contribution in [0.3, 0.4) is 0 Å². The second kappa shape index (κ2) is 3.15. The molecule has 1 heterocycles. The normalized spacial score (nSPS) is 28.5. The molecule has 0 spiro atoms. The van der Waals surface area contributed by atoms with Gasteiger partial charge in [-0.05, 0) is 19.3 Å².